The van der Waals surface area contributed by atoms with Crippen LogP contribution in [0.5, 0.6) is 5.75 Å². The van der Waals surface area contributed by atoms with Crippen molar-refractivity contribution >= 4 is 46.6 Å². The largest absolute Gasteiger partial charge is 0.484 e. The highest BCUT2D eigenvalue weighted by molar-refractivity contribution is 6.36. The van der Waals surface area contributed by atoms with E-state index in [0.717, 1.165) is 0 Å². The molecular formula is C22H25Cl3N2O3. The Kier molecular flexibility index (Phi) is 9.28. The van der Waals surface area contributed by atoms with E-state index < -0.39 is 6.04 Å². The van der Waals surface area contributed by atoms with Gasteiger partial charge in [-0.05, 0) is 49.2 Å². The minimum atomic E-state index is -0.739. The number of amides is 2. The summed E-state index contributed by atoms with van der Waals surface area (Å²) in [6, 6.07) is 11.1. The van der Waals surface area contributed by atoms with E-state index in [1.807, 2.05) is 13.8 Å². The van der Waals surface area contributed by atoms with Gasteiger partial charge in [-0.3, -0.25) is 9.59 Å². The minimum Gasteiger partial charge on any atom is -0.484 e. The highest BCUT2D eigenvalue weighted by Gasteiger charge is 2.27. The van der Waals surface area contributed by atoms with Gasteiger partial charge in [-0.1, -0.05) is 54.7 Å². The fourth-order valence-electron chi connectivity index (χ4n) is 2.65. The number of nitrogens with one attached hydrogen (secondary N) is 1. The second-order valence-electron chi connectivity index (χ2n) is 7.28. The number of carbonyl (C=O) groups excluding carboxylic acids is 2. The maximum Gasteiger partial charge on any atom is 0.261 e. The summed E-state index contributed by atoms with van der Waals surface area (Å²) in [6.45, 7) is 6.01. The first kappa shape index (κ1) is 24.3. The van der Waals surface area contributed by atoms with Gasteiger partial charge in [-0.2, -0.15) is 0 Å². The molecule has 1 N–H and O–H groups in total. The van der Waals surface area contributed by atoms with Gasteiger partial charge in [0.05, 0.1) is 0 Å². The van der Waals surface area contributed by atoms with Crippen LogP contribution in [0, 0.1) is 5.92 Å². The Morgan fingerprint density at radius 1 is 1.00 bits per heavy atom. The lowest BCUT2D eigenvalue weighted by Gasteiger charge is -2.29. The van der Waals surface area contributed by atoms with Crippen LogP contribution >= 0.6 is 34.8 Å². The van der Waals surface area contributed by atoms with E-state index in [9.17, 15) is 9.59 Å². The molecule has 0 aliphatic rings. The van der Waals surface area contributed by atoms with E-state index in [0.29, 0.717) is 32.9 Å². The lowest BCUT2D eigenvalue weighted by atomic mass is 10.1. The molecule has 2 amide bonds. The monoisotopic (exact) mass is 470 g/mol. The lowest BCUT2D eigenvalue weighted by molar-refractivity contribution is -0.142. The molecule has 0 fully saturated rings. The summed E-state index contributed by atoms with van der Waals surface area (Å²) in [5, 5.41) is 4.28. The maximum atomic E-state index is 13.0. The van der Waals surface area contributed by atoms with Gasteiger partial charge < -0.3 is 15.0 Å². The van der Waals surface area contributed by atoms with Gasteiger partial charge in [-0.15, -0.1) is 0 Å². The summed E-state index contributed by atoms with van der Waals surface area (Å²) in [5.74, 6) is 0.164. The number of hydrogen-bond donors (Lipinski definition) is 1. The van der Waals surface area contributed by atoms with Crippen molar-refractivity contribution in [2.45, 2.75) is 33.4 Å². The van der Waals surface area contributed by atoms with Gasteiger partial charge in [0.1, 0.15) is 11.8 Å². The molecule has 1 atom stereocenters. The zero-order valence-electron chi connectivity index (χ0n) is 17.1. The van der Waals surface area contributed by atoms with Gasteiger partial charge >= 0.3 is 0 Å². The molecule has 0 bridgehead atoms. The fourth-order valence-corrected chi connectivity index (χ4v) is 3.29. The van der Waals surface area contributed by atoms with Crippen LogP contribution in [0.3, 0.4) is 0 Å². The lowest BCUT2D eigenvalue weighted by Crippen LogP contribution is -2.49. The Hall–Kier alpha value is -1.95. The Bertz CT molecular complexity index is 852. The van der Waals surface area contributed by atoms with Crippen LogP contribution in [0.15, 0.2) is 42.5 Å². The third-order valence-corrected chi connectivity index (χ3v) is 5.38. The molecule has 2 aromatic rings. The molecule has 2 rings (SSSR count). The van der Waals surface area contributed by atoms with E-state index in [1.54, 1.807) is 49.4 Å². The highest BCUT2D eigenvalue weighted by atomic mass is 35.5. The third-order valence-electron chi connectivity index (χ3n) is 4.42. The summed E-state index contributed by atoms with van der Waals surface area (Å²) in [6.07, 6.45) is 0. The maximum absolute atomic E-state index is 13.0. The van der Waals surface area contributed by atoms with Crippen molar-refractivity contribution in [3.63, 3.8) is 0 Å². The molecule has 8 heteroatoms. The van der Waals surface area contributed by atoms with E-state index in [4.69, 9.17) is 39.5 Å². The second kappa shape index (κ2) is 11.4. The van der Waals surface area contributed by atoms with Crippen LogP contribution < -0.4 is 10.1 Å². The first-order valence-corrected chi connectivity index (χ1v) is 10.7. The highest BCUT2D eigenvalue weighted by Crippen LogP contribution is 2.26. The van der Waals surface area contributed by atoms with Crippen LogP contribution in [0.1, 0.15) is 26.3 Å². The molecule has 0 saturated heterocycles. The van der Waals surface area contributed by atoms with Crippen molar-refractivity contribution in [1.82, 2.24) is 10.2 Å². The van der Waals surface area contributed by atoms with Gasteiger partial charge in [0.2, 0.25) is 5.91 Å². The second-order valence-corrected chi connectivity index (χ2v) is 8.53. The molecule has 0 spiro atoms. The molecule has 5 nitrogen and oxygen atoms in total. The molecule has 0 saturated carbocycles. The molecule has 30 heavy (non-hydrogen) atoms. The fraction of sp³-hybridized carbons (Fsp3) is 0.364. The molecule has 1 unspecified atom stereocenters. The smallest absolute Gasteiger partial charge is 0.261 e. The Labute approximate surface area is 192 Å². The topological polar surface area (TPSA) is 58.6 Å². The van der Waals surface area contributed by atoms with Gasteiger partial charge in [0.25, 0.3) is 5.91 Å². The zero-order valence-corrected chi connectivity index (χ0v) is 19.4. The normalized spacial score (nSPS) is 11.8. The van der Waals surface area contributed by atoms with Crippen molar-refractivity contribution in [2.24, 2.45) is 5.92 Å². The zero-order chi connectivity index (χ0) is 22.3. The van der Waals surface area contributed by atoms with E-state index in [2.05, 4.69) is 5.32 Å². The molecule has 0 aliphatic carbocycles. The predicted octanol–water partition coefficient (Wildman–Crippen LogP) is 5.22. The average Bonchev–Trinajstić information content (AvgIpc) is 2.70. The van der Waals surface area contributed by atoms with E-state index in [-0.39, 0.29) is 30.9 Å². The molecule has 0 aliphatic heterocycles. The summed E-state index contributed by atoms with van der Waals surface area (Å²) < 4.78 is 5.58. The number of rotatable bonds is 9. The van der Waals surface area contributed by atoms with Crippen molar-refractivity contribution in [1.29, 1.82) is 0 Å². The molecule has 0 radical (unpaired) electrons. The van der Waals surface area contributed by atoms with Crippen LogP contribution in [0.2, 0.25) is 15.1 Å². The third kappa shape index (κ3) is 7.08. The van der Waals surface area contributed by atoms with E-state index in [1.165, 1.54) is 4.90 Å². The van der Waals surface area contributed by atoms with Gasteiger partial charge in [0.15, 0.2) is 6.61 Å². The van der Waals surface area contributed by atoms with Crippen LogP contribution in [-0.2, 0) is 16.1 Å². The van der Waals surface area contributed by atoms with E-state index >= 15 is 0 Å². The predicted molar refractivity (Wildman–Crippen MR) is 121 cm³/mol. The van der Waals surface area contributed by atoms with Crippen molar-refractivity contribution in [3.8, 4) is 5.75 Å². The first-order valence-electron chi connectivity index (χ1n) is 9.57. The number of ether oxygens (including phenoxy) is 1. The number of carbonyl (C=O) groups is 2. The van der Waals surface area contributed by atoms with Gasteiger partial charge in [0, 0.05) is 33.7 Å². The number of nitrogens with zero attached hydrogens (tertiary/aromatic N) is 1. The molecular weight excluding hydrogens is 447 g/mol. The minimum absolute atomic E-state index is 0.0809. The average molecular weight is 472 g/mol. The number of benzene rings is 2. The van der Waals surface area contributed by atoms with Crippen LogP contribution in [0.4, 0.5) is 0 Å². The number of hydrogen-bond acceptors (Lipinski definition) is 3. The SMILES string of the molecule is CC(C)CNC(=O)C(C)N(Cc1c(Cl)cccc1Cl)C(=O)COc1ccc(Cl)cc1. The quantitative estimate of drug-likeness (QED) is 0.546. The number of halogens is 3. The van der Waals surface area contributed by atoms with Crippen molar-refractivity contribution in [3.05, 3.63) is 63.1 Å². The Morgan fingerprint density at radius 2 is 1.60 bits per heavy atom. The molecule has 162 valence electrons. The van der Waals surface area contributed by atoms with Crippen LogP contribution in [-0.4, -0.2) is 35.9 Å². The Balaban J connectivity index is 2.19. The van der Waals surface area contributed by atoms with Gasteiger partial charge in [-0.25, -0.2) is 0 Å². The summed E-state index contributed by atoms with van der Waals surface area (Å²) >= 11 is 18.4. The summed E-state index contributed by atoms with van der Waals surface area (Å²) in [7, 11) is 0. The Morgan fingerprint density at radius 3 is 2.17 bits per heavy atom. The molecule has 2 aromatic carbocycles. The molecule has 0 heterocycles. The first-order chi connectivity index (χ1) is 14.2. The standard InChI is InChI=1S/C22H25Cl3N2O3/c1-14(2)11-26-22(29)15(3)27(12-18-19(24)5-4-6-20(18)25)21(28)13-30-17-9-7-16(23)8-10-17/h4-10,14-15H,11-13H2,1-3H3,(H,26,29). The summed E-state index contributed by atoms with van der Waals surface area (Å²) in [5.41, 5.74) is 0.573. The van der Waals surface area contributed by atoms with Crippen molar-refractivity contribution in [2.75, 3.05) is 13.2 Å². The molecule has 0 aromatic heterocycles. The van der Waals surface area contributed by atoms with Crippen LogP contribution in [0.25, 0.3) is 0 Å². The van der Waals surface area contributed by atoms with Crippen molar-refractivity contribution < 1.29 is 14.3 Å². The summed E-state index contributed by atoms with van der Waals surface area (Å²) in [4.78, 5) is 27.1.